The predicted octanol–water partition coefficient (Wildman–Crippen LogP) is 2.28. The Kier molecular flexibility index (Phi) is 9.52. The van der Waals surface area contributed by atoms with Crippen molar-refractivity contribution in [2.75, 3.05) is 12.4 Å². The van der Waals surface area contributed by atoms with Gasteiger partial charge in [0.15, 0.2) is 0 Å². The predicted molar refractivity (Wildman–Crippen MR) is 63.8 cm³/mol. The van der Waals surface area contributed by atoms with Crippen LogP contribution in [0.25, 0.3) is 0 Å². The van der Waals surface area contributed by atoms with Crippen molar-refractivity contribution in [3.8, 4) is 0 Å². The summed E-state index contributed by atoms with van der Waals surface area (Å²) in [5.74, 6) is 0.120. The van der Waals surface area contributed by atoms with E-state index in [2.05, 4.69) is 4.18 Å². The van der Waals surface area contributed by atoms with Gasteiger partial charge in [0.05, 0.1) is 12.4 Å². The van der Waals surface area contributed by atoms with Gasteiger partial charge in [0, 0.05) is 6.42 Å². The zero-order chi connectivity index (χ0) is 12.3. The molecule has 0 rings (SSSR count). The molecule has 0 saturated carbocycles. The van der Waals surface area contributed by atoms with Crippen LogP contribution in [0.4, 0.5) is 0 Å². The van der Waals surface area contributed by atoms with E-state index in [1.54, 1.807) is 6.92 Å². The molecule has 5 heteroatoms. The van der Waals surface area contributed by atoms with Gasteiger partial charge in [0.25, 0.3) is 10.1 Å². The molecular weight excluding hydrogens is 228 g/mol. The minimum absolute atomic E-state index is 0.120. The first-order valence-corrected chi connectivity index (χ1v) is 7.51. The molecule has 0 atom stereocenters. The lowest BCUT2D eigenvalue weighted by Crippen LogP contribution is -2.10. The summed E-state index contributed by atoms with van der Waals surface area (Å²) in [4.78, 5) is 10.0. The van der Waals surface area contributed by atoms with Crippen LogP contribution in [0.1, 0.15) is 51.9 Å². The fraction of sp³-hybridized carbons (Fsp3) is 0.909. The smallest absolute Gasteiger partial charge is 0.267 e. The van der Waals surface area contributed by atoms with Crippen molar-refractivity contribution >= 4 is 16.4 Å². The molecule has 0 radical (unpaired) electrons. The van der Waals surface area contributed by atoms with Gasteiger partial charge in [0.2, 0.25) is 0 Å². The first-order chi connectivity index (χ1) is 7.62. The highest BCUT2D eigenvalue weighted by atomic mass is 32.2. The molecule has 0 bridgehead atoms. The van der Waals surface area contributed by atoms with Gasteiger partial charge in [-0.05, 0) is 19.8 Å². The minimum atomic E-state index is -3.28. The molecule has 0 aliphatic rings. The van der Waals surface area contributed by atoms with Gasteiger partial charge >= 0.3 is 0 Å². The van der Waals surface area contributed by atoms with Crippen LogP contribution in [0.5, 0.6) is 0 Å². The summed E-state index contributed by atoms with van der Waals surface area (Å²) in [6, 6.07) is 0. The molecule has 0 aromatic carbocycles. The summed E-state index contributed by atoms with van der Waals surface area (Å²) in [7, 11) is -3.28. The largest absolute Gasteiger partial charge is 0.303 e. The van der Waals surface area contributed by atoms with E-state index < -0.39 is 10.1 Å². The molecule has 0 fully saturated rings. The van der Waals surface area contributed by atoms with Crippen LogP contribution in [0, 0.1) is 0 Å². The van der Waals surface area contributed by atoms with Crippen LogP contribution in [0.15, 0.2) is 0 Å². The van der Waals surface area contributed by atoms with Gasteiger partial charge in [-0.3, -0.25) is 4.18 Å². The molecule has 0 amide bonds. The second-order valence-corrected chi connectivity index (χ2v) is 5.50. The van der Waals surface area contributed by atoms with Gasteiger partial charge in [-0.1, -0.05) is 25.7 Å². The van der Waals surface area contributed by atoms with Gasteiger partial charge in [0.1, 0.15) is 6.29 Å². The summed E-state index contributed by atoms with van der Waals surface area (Å²) in [6.07, 6.45) is 7.25. The van der Waals surface area contributed by atoms with Crippen molar-refractivity contribution in [2.45, 2.75) is 51.9 Å². The third kappa shape index (κ3) is 10.1. The molecule has 0 aliphatic carbocycles. The van der Waals surface area contributed by atoms with E-state index in [1.807, 2.05) is 0 Å². The summed E-state index contributed by atoms with van der Waals surface area (Å²) >= 11 is 0. The zero-order valence-corrected chi connectivity index (χ0v) is 10.8. The van der Waals surface area contributed by atoms with Crippen LogP contribution in [-0.4, -0.2) is 27.1 Å². The highest BCUT2D eigenvalue weighted by molar-refractivity contribution is 7.86. The molecule has 96 valence electrons. The minimum Gasteiger partial charge on any atom is -0.303 e. The highest BCUT2D eigenvalue weighted by Gasteiger charge is 2.08. The van der Waals surface area contributed by atoms with Gasteiger partial charge in [-0.2, -0.15) is 8.42 Å². The lowest BCUT2D eigenvalue weighted by atomic mass is 10.1. The second kappa shape index (κ2) is 9.78. The van der Waals surface area contributed by atoms with E-state index >= 15 is 0 Å². The van der Waals surface area contributed by atoms with Gasteiger partial charge in [-0.25, -0.2) is 0 Å². The zero-order valence-electron chi connectivity index (χ0n) is 9.98. The number of unbranched alkanes of at least 4 members (excludes halogenated alkanes) is 6. The first-order valence-electron chi connectivity index (χ1n) is 5.93. The Hall–Kier alpha value is -0.420. The number of aldehydes is 1. The molecule has 0 aliphatic heterocycles. The SMILES string of the molecule is CCOS(=O)(=O)CCCCCCCCC=O. The van der Waals surface area contributed by atoms with Crippen molar-refractivity contribution in [1.82, 2.24) is 0 Å². The number of carbonyl (C=O) groups excluding carboxylic acids is 1. The van der Waals surface area contributed by atoms with E-state index in [0.717, 1.165) is 38.4 Å². The van der Waals surface area contributed by atoms with E-state index in [-0.39, 0.29) is 12.4 Å². The Labute approximate surface area is 98.5 Å². The maximum absolute atomic E-state index is 11.1. The average Bonchev–Trinajstić information content (AvgIpc) is 2.22. The summed E-state index contributed by atoms with van der Waals surface area (Å²) in [5, 5.41) is 0. The van der Waals surface area contributed by atoms with Crippen LogP contribution >= 0.6 is 0 Å². The van der Waals surface area contributed by atoms with E-state index in [9.17, 15) is 13.2 Å². The van der Waals surface area contributed by atoms with E-state index in [0.29, 0.717) is 12.8 Å². The topological polar surface area (TPSA) is 60.4 Å². The molecule has 4 nitrogen and oxygen atoms in total. The van der Waals surface area contributed by atoms with Crippen molar-refractivity contribution in [3.05, 3.63) is 0 Å². The number of rotatable bonds is 11. The van der Waals surface area contributed by atoms with Crippen LogP contribution in [-0.2, 0) is 19.1 Å². The van der Waals surface area contributed by atoms with Gasteiger partial charge in [-0.15, -0.1) is 0 Å². The van der Waals surface area contributed by atoms with E-state index in [4.69, 9.17) is 0 Å². The monoisotopic (exact) mass is 250 g/mol. The lowest BCUT2D eigenvalue weighted by Gasteiger charge is -2.03. The summed E-state index contributed by atoms with van der Waals surface area (Å²) in [5.41, 5.74) is 0. The molecule has 16 heavy (non-hydrogen) atoms. The maximum Gasteiger partial charge on any atom is 0.267 e. The lowest BCUT2D eigenvalue weighted by molar-refractivity contribution is -0.107. The average molecular weight is 250 g/mol. The molecule has 0 heterocycles. The van der Waals surface area contributed by atoms with Crippen LogP contribution < -0.4 is 0 Å². The number of carbonyl (C=O) groups is 1. The number of hydrogen-bond acceptors (Lipinski definition) is 4. The van der Waals surface area contributed by atoms with Crippen molar-refractivity contribution in [1.29, 1.82) is 0 Å². The molecule has 0 spiro atoms. The summed E-state index contributed by atoms with van der Waals surface area (Å²) < 4.78 is 26.9. The molecule has 0 N–H and O–H groups in total. The van der Waals surface area contributed by atoms with Crippen LogP contribution in [0.3, 0.4) is 0 Å². The summed E-state index contributed by atoms with van der Waals surface area (Å²) in [6.45, 7) is 1.89. The third-order valence-electron chi connectivity index (χ3n) is 2.26. The molecule has 0 unspecified atom stereocenters. The molecule has 0 saturated heterocycles. The van der Waals surface area contributed by atoms with E-state index in [1.165, 1.54) is 0 Å². The fourth-order valence-electron chi connectivity index (χ4n) is 1.45. The normalized spacial score (nSPS) is 11.6. The van der Waals surface area contributed by atoms with Crippen molar-refractivity contribution in [2.24, 2.45) is 0 Å². The number of hydrogen-bond donors (Lipinski definition) is 0. The molecular formula is C11H22O4S. The highest BCUT2D eigenvalue weighted by Crippen LogP contribution is 2.08. The van der Waals surface area contributed by atoms with Crippen molar-refractivity contribution < 1.29 is 17.4 Å². The van der Waals surface area contributed by atoms with Crippen molar-refractivity contribution in [3.63, 3.8) is 0 Å². The molecule has 0 aromatic heterocycles. The Morgan fingerprint density at radius 3 is 2.12 bits per heavy atom. The first kappa shape index (κ1) is 15.6. The standard InChI is InChI=1S/C11H22O4S/c1-2-15-16(13,14)11-9-7-5-3-4-6-8-10-12/h10H,2-9,11H2,1H3. The van der Waals surface area contributed by atoms with Crippen LogP contribution in [0.2, 0.25) is 0 Å². The molecule has 0 aromatic rings. The Morgan fingerprint density at radius 1 is 1.00 bits per heavy atom. The fourth-order valence-corrected chi connectivity index (χ4v) is 2.49. The maximum atomic E-state index is 11.1. The Balaban J connectivity index is 3.30. The Bertz CT molecular complexity index is 259. The van der Waals surface area contributed by atoms with Gasteiger partial charge < -0.3 is 4.79 Å². The quantitative estimate of drug-likeness (QED) is 0.321. The second-order valence-electron chi connectivity index (χ2n) is 3.74. The third-order valence-corrected chi connectivity index (χ3v) is 3.65. The Morgan fingerprint density at radius 2 is 1.56 bits per heavy atom.